The first-order valence-electron chi connectivity index (χ1n) is 12.9. The number of likely N-dealkylation sites (tertiary alicyclic amines) is 1. The van der Waals surface area contributed by atoms with E-state index in [4.69, 9.17) is 14.3 Å². The molecule has 5 rings (SSSR count). The van der Waals surface area contributed by atoms with Crippen LogP contribution in [0.15, 0.2) is 84.0 Å². The summed E-state index contributed by atoms with van der Waals surface area (Å²) in [5.74, 6) is -4.42. The van der Waals surface area contributed by atoms with Crippen molar-refractivity contribution >= 4 is 17.7 Å². The van der Waals surface area contributed by atoms with Crippen LogP contribution in [0.25, 0.3) is 0 Å². The third-order valence-electron chi connectivity index (χ3n) is 6.98. The first kappa shape index (κ1) is 26.5. The Morgan fingerprint density at radius 3 is 2.05 bits per heavy atom. The van der Waals surface area contributed by atoms with Gasteiger partial charge in [0, 0.05) is 25.4 Å². The summed E-state index contributed by atoms with van der Waals surface area (Å²) >= 11 is 0. The van der Waals surface area contributed by atoms with E-state index in [1.807, 2.05) is 35.2 Å². The van der Waals surface area contributed by atoms with Gasteiger partial charge >= 0.3 is 17.8 Å². The molecule has 2 fully saturated rings. The summed E-state index contributed by atoms with van der Waals surface area (Å²) in [6.45, 7) is 1.18. The number of rotatable bonds is 9. The van der Waals surface area contributed by atoms with Crippen molar-refractivity contribution in [1.29, 1.82) is 0 Å². The number of carbonyl (C=O) groups is 2. The molecule has 0 N–H and O–H groups in total. The fraction of sp³-hybridized carbons (Fsp3) is 0.300. The maximum atomic E-state index is 13.6. The second-order valence-electron chi connectivity index (χ2n) is 9.62. The molecule has 7 nitrogen and oxygen atoms in total. The van der Waals surface area contributed by atoms with Gasteiger partial charge in [0.25, 0.3) is 0 Å². The highest BCUT2D eigenvalue weighted by Gasteiger charge is 2.55. The van der Waals surface area contributed by atoms with Crippen LogP contribution in [0.1, 0.15) is 48.3 Å². The van der Waals surface area contributed by atoms with Crippen LogP contribution in [0, 0.1) is 11.6 Å². The van der Waals surface area contributed by atoms with Gasteiger partial charge in [0.2, 0.25) is 0 Å². The van der Waals surface area contributed by atoms with E-state index in [2.05, 4.69) is 5.16 Å². The molecule has 2 aliphatic heterocycles. The first-order chi connectivity index (χ1) is 18.9. The number of halogens is 2. The summed E-state index contributed by atoms with van der Waals surface area (Å²) in [4.78, 5) is 31.4. The lowest BCUT2D eigenvalue weighted by atomic mass is 9.87. The molecule has 202 valence electrons. The van der Waals surface area contributed by atoms with Crippen molar-refractivity contribution < 1.29 is 32.7 Å². The SMILES string of the molecule is O=C1OC2(C/C(=N/OCc3ccccc3)CCN2CCCC(c2ccc(F)cc2)c2ccc(F)cc2)OC1=O. The van der Waals surface area contributed by atoms with Crippen molar-refractivity contribution in [3.05, 3.63) is 107 Å². The smallest absolute Gasteiger partial charge is 0.399 e. The highest BCUT2D eigenvalue weighted by atomic mass is 19.1. The fourth-order valence-electron chi connectivity index (χ4n) is 5.02. The molecule has 0 atom stereocenters. The zero-order valence-electron chi connectivity index (χ0n) is 21.2. The first-order valence-corrected chi connectivity index (χ1v) is 12.9. The van der Waals surface area contributed by atoms with Crippen LogP contribution >= 0.6 is 0 Å². The Balaban J connectivity index is 1.27. The number of hydrogen-bond donors (Lipinski definition) is 0. The highest BCUT2D eigenvalue weighted by molar-refractivity contribution is 6.31. The lowest BCUT2D eigenvalue weighted by Gasteiger charge is -2.40. The molecular weight excluding hydrogens is 506 g/mol. The zero-order valence-corrected chi connectivity index (χ0v) is 21.2. The van der Waals surface area contributed by atoms with E-state index in [1.54, 1.807) is 24.3 Å². The summed E-state index contributed by atoms with van der Waals surface area (Å²) in [6, 6.07) is 22.1. The molecule has 0 aliphatic carbocycles. The monoisotopic (exact) mass is 534 g/mol. The van der Waals surface area contributed by atoms with E-state index in [1.165, 1.54) is 24.3 Å². The molecule has 0 saturated carbocycles. The Morgan fingerprint density at radius 1 is 0.872 bits per heavy atom. The van der Waals surface area contributed by atoms with Gasteiger partial charge in [-0.25, -0.2) is 23.3 Å². The quantitative estimate of drug-likeness (QED) is 0.211. The van der Waals surface area contributed by atoms with Crippen molar-refractivity contribution in [3.63, 3.8) is 0 Å². The topological polar surface area (TPSA) is 77.4 Å². The summed E-state index contributed by atoms with van der Waals surface area (Å²) < 4.78 is 38.1. The number of piperidine rings is 1. The van der Waals surface area contributed by atoms with Gasteiger partial charge in [-0.2, -0.15) is 0 Å². The van der Waals surface area contributed by atoms with Gasteiger partial charge in [-0.1, -0.05) is 59.8 Å². The van der Waals surface area contributed by atoms with E-state index in [0.717, 1.165) is 16.7 Å². The predicted octanol–water partition coefficient (Wildman–Crippen LogP) is 5.30. The van der Waals surface area contributed by atoms with E-state index in [9.17, 15) is 18.4 Å². The number of nitrogens with zero attached hydrogens (tertiary/aromatic N) is 2. The summed E-state index contributed by atoms with van der Waals surface area (Å²) in [5, 5.41) is 4.23. The third-order valence-corrected chi connectivity index (χ3v) is 6.98. The fourth-order valence-corrected chi connectivity index (χ4v) is 5.02. The Hall–Kier alpha value is -4.11. The Labute approximate surface area is 225 Å². The van der Waals surface area contributed by atoms with E-state index in [-0.39, 0.29) is 30.6 Å². The second-order valence-corrected chi connectivity index (χ2v) is 9.62. The van der Waals surface area contributed by atoms with Crippen molar-refractivity contribution in [1.82, 2.24) is 4.90 Å². The molecule has 39 heavy (non-hydrogen) atoms. The van der Waals surface area contributed by atoms with Crippen LogP contribution in [-0.4, -0.2) is 41.6 Å². The average Bonchev–Trinajstić information content (AvgIpc) is 3.22. The number of benzene rings is 3. The van der Waals surface area contributed by atoms with Crippen LogP contribution in [0.4, 0.5) is 8.78 Å². The van der Waals surface area contributed by atoms with Crippen molar-refractivity contribution in [2.24, 2.45) is 5.16 Å². The van der Waals surface area contributed by atoms with Crippen LogP contribution < -0.4 is 0 Å². The lowest BCUT2D eigenvalue weighted by molar-refractivity contribution is -0.250. The molecule has 1 spiro atoms. The minimum Gasteiger partial charge on any atom is -0.399 e. The molecule has 0 amide bonds. The molecule has 3 aromatic rings. The standard InChI is InChI=1S/C30H28F2N2O5/c31-24-12-8-22(9-13-24)27(23-10-14-25(32)15-11-23)7-4-17-34-18-16-26(19-30(34)38-28(35)29(36)39-30)33-37-20-21-5-2-1-3-6-21/h1-3,5-6,8-15,27H,4,7,16-20H2/b33-26+. The molecule has 2 aliphatic rings. The maximum absolute atomic E-state index is 13.6. The summed E-state index contributed by atoms with van der Waals surface area (Å²) in [6.07, 6.45) is 1.91. The molecule has 0 aromatic heterocycles. The minimum atomic E-state index is -1.57. The Kier molecular flexibility index (Phi) is 7.97. The molecule has 9 heteroatoms. The summed E-state index contributed by atoms with van der Waals surface area (Å²) in [7, 11) is 0. The molecule has 2 saturated heterocycles. The van der Waals surface area contributed by atoms with E-state index < -0.39 is 17.8 Å². The third kappa shape index (κ3) is 6.31. The van der Waals surface area contributed by atoms with Crippen LogP contribution in [-0.2, 0) is 30.5 Å². The van der Waals surface area contributed by atoms with Gasteiger partial charge in [0.05, 0.1) is 12.1 Å². The van der Waals surface area contributed by atoms with Crippen LogP contribution in [0.5, 0.6) is 0 Å². The number of hydrogen-bond acceptors (Lipinski definition) is 7. The molecule has 0 radical (unpaired) electrons. The van der Waals surface area contributed by atoms with Crippen molar-refractivity contribution in [2.45, 2.75) is 44.1 Å². The van der Waals surface area contributed by atoms with Crippen molar-refractivity contribution in [3.8, 4) is 0 Å². The Bertz CT molecular complexity index is 1270. The Morgan fingerprint density at radius 2 is 1.46 bits per heavy atom. The number of esters is 2. The summed E-state index contributed by atoms with van der Waals surface area (Å²) in [5.41, 5.74) is 3.39. The maximum Gasteiger partial charge on any atom is 0.421 e. The molecule has 0 bridgehead atoms. The average molecular weight is 535 g/mol. The minimum absolute atomic E-state index is 0.0820. The molecule has 2 heterocycles. The zero-order chi connectivity index (χ0) is 27.2. The lowest BCUT2D eigenvalue weighted by Crippen LogP contribution is -2.55. The van der Waals surface area contributed by atoms with Gasteiger partial charge in [-0.05, 0) is 53.8 Å². The molecule has 0 unspecified atom stereocenters. The van der Waals surface area contributed by atoms with Gasteiger partial charge in [-0.3, -0.25) is 0 Å². The number of oxime groups is 1. The molecular formula is C30H28F2N2O5. The number of ether oxygens (including phenoxy) is 2. The largest absolute Gasteiger partial charge is 0.421 e. The van der Waals surface area contributed by atoms with Crippen LogP contribution in [0.2, 0.25) is 0 Å². The van der Waals surface area contributed by atoms with E-state index >= 15 is 0 Å². The van der Waals surface area contributed by atoms with Gasteiger partial charge < -0.3 is 14.3 Å². The highest BCUT2D eigenvalue weighted by Crippen LogP contribution is 2.36. The van der Waals surface area contributed by atoms with Gasteiger partial charge in [0.1, 0.15) is 18.2 Å². The van der Waals surface area contributed by atoms with Gasteiger partial charge in [-0.15, -0.1) is 0 Å². The normalized spacial score (nSPS) is 18.0. The number of carbonyl (C=O) groups excluding carboxylic acids is 2. The second kappa shape index (κ2) is 11.7. The van der Waals surface area contributed by atoms with Crippen LogP contribution in [0.3, 0.4) is 0 Å². The van der Waals surface area contributed by atoms with Crippen molar-refractivity contribution in [2.75, 3.05) is 13.1 Å². The van der Waals surface area contributed by atoms with E-state index in [0.29, 0.717) is 38.1 Å². The van der Waals surface area contributed by atoms with Gasteiger partial charge in [0.15, 0.2) is 0 Å². The molecule has 3 aromatic carbocycles. The predicted molar refractivity (Wildman–Crippen MR) is 138 cm³/mol.